The van der Waals surface area contributed by atoms with Crippen LogP contribution in [0.15, 0.2) is 18.2 Å². The number of halogens is 2. The van der Waals surface area contributed by atoms with Gasteiger partial charge in [0.05, 0.1) is 0 Å². The van der Waals surface area contributed by atoms with Gasteiger partial charge < -0.3 is 5.73 Å². The summed E-state index contributed by atoms with van der Waals surface area (Å²) in [7, 11) is 0. The SMILES string of the molecule is CC(N)C1CCCCN1Cc1c(F)cccc1F. The molecule has 1 aliphatic rings. The van der Waals surface area contributed by atoms with E-state index in [1.54, 1.807) is 0 Å². The summed E-state index contributed by atoms with van der Waals surface area (Å²) in [4.78, 5) is 2.11. The molecule has 2 unspecified atom stereocenters. The van der Waals surface area contributed by atoms with E-state index < -0.39 is 11.6 Å². The maximum atomic E-state index is 13.6. The molecule has 0 aromatic heterocycles. The highest BCUT2D eigenvalue weighted by atomic mass is 19.1. The van der Waals surface area contributed by atoms with Crippen molar-refractivity contribution < 1.29 is 8.78 Å². The van der Waals surface area contributed by atoms with Gasteiger partial charge in [0.25, 0.3) is 0 Å². The van der Waals surface area contributed by atoms with Crippen LogP contribution >= 0.6 is 0 Å². The lowest BCUT2D eigenvalue weighted by Gasteiger charge is -2.38. The van der Waals surface area contributed by atoms with Crippen LogP contribution in [0.5, 0.6) is 0 Å². The minimum Gasteiger partial charge on any atom is -0.327 e. The second-order valence-corrected chi connectivity index (χ2v) is 5.09. The summed E-state index contributed by atoms with van der Waals surface area (Å²) in [5.74, 6) is -0.937. The van der Waals surface area contributed by atoms with E-state index >= 15 is 0 Å². The van der Waals surface area contributed by atoms with Crippen molar-refractivity contribution in [3.8, 4) is 0 Å². The summed E-state index contributed by atoms with van der Waals surface area (Å²) in [6.45, 7) is 3.13. The molecule has 1 aromatic rings. The van der Waals surface area contributed by atoms with Crippen LogP contribution in [0.3, 0.4) is 0 Å². The first-order valence-corrected chi connectivity index (χ1v) is 6.52. The van der Waals surface area contributed by atoms with E-state index in [1.165, 1.54) is 18.2 Å². The second kappa shape index (κ2) is 5.76. The van der Waals surface area contributed by atoms with Crippen LogP contribution < -0.4 is 5.73 Å². The van der Waals surface area contributed by atoms with Gasteiger partial charge in [0, 0.05) is 24.2 Å². The molecule has 1 heterocycles. The number of benzene rings is 1. The normalized spacial score (nSPS) is 23.0. The van der Waals surface area contributed by atoms with Crippen molar-refractivity contribution in [3.63, 3.8) is 0 Å². The molecule has 1 fully saturated rings. The molecule has 0 bridgehead atoms. The molecule has 0 spiro atoms. The number of nitrogens with zero attached hydrogens (tertiary/aromatic N) is 1. The van der Waals surface area contributed by atoms with E-state index in [2.05, 4.69) is 4.90 Å². The Balaban J connectivity index is 2.16. The summed E-state index contributed by atoms with van der Waals surface area (Å²) >= 11 is 0. The summed E-state index contributed by atoms with van der Waals surface area (Å²) < 4.78 is 27.3. The molecule has 0 amide bonds. The van der Waals surface area contributed by atoms with Gasteiger partial charge in [-0.3, -0.25) is 4.90 Å². The second-order valence-electron chi connectivity index (χ2n) is 5.09. The average Bonchev–Trinajstić information content (AvgIpc) is 2.34. The molecule has 0 saturated carbocycles. The summed E-state index contributed by atoms with van der Waals surface area (Å²) in [6.07, 6.45) is 3.22. The van der Waals surface area contributed by atoms with Crippen molar-refractivity contribution in [2.75, 3.05) is 6.54 Å². The van der Waals surface area contributed by atoms with Crippen LogP contribution in [0.4, 0.5) is 8.78 Å². The van der Waals surface area contributed by atoms with E-state index in [0.717, 1.165) is 25.8 Å². The highest BCUT2D eigenvalue weighted by molar-refractivity contribution is 5.19. The van der Waals surface area contributed by atoms with E-state index in [-0.39, 0.29) is 17.6 Å². The smallest absolute Gasteiger partial charge is 0.130 e. The van der Waals surface area contributed by atoms with Gasteiger partial charge in [0.15, 0.2) is 0 Å². The molecule has 1 aliphatic heterocycles. The lowest BCUT2D eigenvalue weighted by molar-refractivity contribution is 0.120. The Morgan fingerprint density at radius 1 is 1.33 bits per heavy atom. The van der Waals surface area contributed by atoms with Gasteiger partial charge in [-0.25, -0.2) is 8.78 Å². The zero-order valence-corrected chi connectivity index (χ0v) is 10.7. The van der Waals surface area contributed by atoms with Gasteiger partial charge in [-0.1, -0.05) is 12.5 Å². The lowest BCUT2D eigenvalue weighted by atomic mass is 9.96. The Bertz CT molecular complexity index is 387. The fraction of sp³-hybridized carbons (Fsp3) is 0.571. The first-order chi connectivity index (χ1) is 8.59. The van der Waals surface area contributed by atoms with E-state index in [9.17, 15) is 8.78 Å². The van der Waals surface area contributed by atoms with Gasteiger partial charge in [0.1, 0.15) is 11.6 Å². The molecule has 18 heavy (non-hydrogen) atoms. The molecule has 2 rings (SSSR count). The Labute approximate surface area is 107 Å². The molecule has 1 saturated heterocycles. The molecular weight excluding hydrogens is 234 g/mol. The van der Waals surface area contributed by atoms with Crippen LogP contribution in [-0.4, -0.2) is 23.5 Å². The quantitative estimate of drug-likeness (QED) is 0.898. The molecule has 0 radical (unpaired) electrons. The van der Waals surface area contributed by atoms with Crippen LogP contribution in [0, 0.1) is 11.6 Å². The van der Waals surface area contributed by atoms with Crippen LogP contribution in [0.1, 0.15) is 31.7 Å². The van der Waals surface area contributed by atoms with E-state index in [4.69, 9.17) is 5.73 Å². The minimum atomic E-state index is -0.469. The first kappa shape index (κ1) is 13.4. The predicted molar refractivity (Wildman–Crippen MR) is 68.1 cm³/mol. The zero-order chi connectivity index (χ0) is 13.1. The zero-order valence-electron chi connectivity index (χ0n) is 10.7. The van der Waals surface area contributed by atoms with Gasteiger partial charge in [-0.15, -0.1) is 0 Å². The van der Waals surface area contributed by atoms with Crippen molar-refractivity contribution >= 4 is 0 Å². The van der Waals surface area contributed by atoms with Gasteiger partial charge in [-0.2, -0.15) is 0 Å². The third-order valence-electron chi connectivity index (χ3n) is 3.69. The third kappa shape index (κ3) is 2.87. The minimum absolute atomic E-state index is 0.0279. The Morgan fingerprint density at radius 2 is 2.00 bits per heavy atom. The number of hydrogen-bond donors (Lipinski definition) is 1. The van der Waals surface area contributed by atoms with Crippen molar-refractivity contribution in [2.24, 2.45) is 5.73 Å². The van der Waals surface area contributed by atoms with Crippen molar-refractivity contribution in [1.82, 2.24) is 4.90 Å². The van der Waals surface area contributed by atoms with Crippen LogP contribution in [0.2, 0.25) is 0 Å². The fourth-order valence-electron chi connectivity index (χ4n) is 2.69. The predicted octanol–water partition coefficient (Wildman–Crippen LogP) is 2.67. The first-order valence-electron chi connectivity index (χ1n) is 6.52. The van der Waals surface area contributed by atoms with Gasteiger partial charge in [0.2, 0.25) is 0 Å². The van der Waals surface area contributed by atoms with E-state index in [1.807, 2.05) is 6.92 Å². The molecule has 2 N–H and O–H groups in total. The van der Waals surface area contributed by atoms with E-state index in [0.29, 0.717) is 6.54 Å². The number of likely N-dealkylation sites (tertiary alicyclic amines) is 1. The molecule has 2 atom stereocenters. The largest absolute Gasteiger partial charge is 0.327 e. The third-order valence-corrected chi connectivity index (χ3v) is 3.69. The molecule has 2 nitrogen and oxygen atoms in total. The monoisotopic (exact) mass is 254 g/mol. The number of hydrogen-bond acceptors (Lipinski definition) is 2. The van der Waals surface area contributed by atoms with Crippen molar-refractivity contribution in [1.29, 1.82) is 0 Å². The summed E-state index contributed by atoms with van der Waals surface area (Å²) in [5, 5.41) is 0. The van der Waals surface area contributed by atoms with Gasteiger partial charge in [-0.05, 0) is 38.4 Å². The Morgan fingerprint density at radius 3 is 2.61 bits per heavy atom. The molecule has 1 aromatic carbocycles. The standard InChI is InChI=1S/C14H20F2N2/c1-10(17)14-7-2-3-8-18(14)9-11-12(15)5-4-6-13(11)16/h4-6,10,14H,2-3,7-9,17H2,1H3. The summed E-state index contributed by atoms with van der Waals surface area (Å²) in [5.41, 5.74) is 6.12. The maximum Gasteiger partial charge on any atom is 0.130 e. The number of nitrogens with two attached hydrogens (primary N) is 1. The van der Waals surface area contributed by atoms with Crippen LogP contribution in [0.25, 0.3) is 0 Å². The Hall–Kier alpha value is -1.00. The Kier molecular flexibility index (Phi) is 4.30. The highest BCUT2D eigenvalue weighted by Crippen LogP contribution is 2.23. The molecule has 4 heteroatoms. The topological polar surface area (TPSA) is 29.3 Å². The number of rotatable bonds is 3. The van der Waals surface area contributed by atoms with Gasteiger partial charge >= 0.3 is 0 Å². The van der Waals surface area contributed by atoms with Crippen LogP contribution in [-0.2, 0) is 6.54 Å². The summed E-state index contributed by atoms with van der Waals surface area (Å²) in [6, 6.07) is 4.26. The molecule has 100 valence electrons. The van der Waals surface area contributed by atoms with Crippen molar-refractivity contribution in [3.05, 3.63) is 35.4 Å². The number of piperidine rings is 1. The van der Waals surface area contributed by atoms with Crippen molar-refractivity contribution in [2.45, 2.75) is 44.8 Å². The highest BCUT2D eigenvalue weighted by Gasteiger charge is 2.26. The molecule has 0 aliphatic carbocycles. The molecular formula is C14H20F2N2. The fourth-order valence-corrected chi connectivity index (χ4v) is 2.69. The lowest BCUT2D eigenvalue weighted by Crippen LogP contribution is -2.48. The average molecular weight is 254 g/mol. The maximum absolute atomic E-state index is 13.6.